The summed E-state index contributed by atoms with van der Waals surface area (Å²) in [6, 6.07) is 0.431. The first-order valence-corrected chi connectivity index (χ1v) is 5.70. The molecular formula is C11H20N2O. The number of amides is 1. The zero-order valence-corrected chi connectivity index (χ0v) is 8.88. The first kappa shape index (κ1) is 9.97. The number of hydrogen-bond acceptors (Lipinski definition) is 2. The Morgan fingerprint density at radius 3 is 2.71 bits per heavy atom. The monoisotopic (exact) mass is 196 g/mol. The number of rotatable bonds is 2. The molecule has 1 amide bonds. The largest absolute Gasteiger partial charge is 0.352 e. The van der Waals surface area contributed by atoms with Gasteiger partial charge in [0.05, 0.1) is 5.54 Å². The van der Waals surface area contributed by atoms with Crippen molar-refractivity contribution in [1.82, 2.24) is 5.32 Å². The van der Waals surface area contributed by atoms with Crippen LogP contribution in [-0.4, -0.2) is 17.5 Å². The minimum Gasteiger partial charge on any atom is -0.352 e. The van der Waals surface area contributed by atoms with Gasteiger partial charge in [0.2, 0.25) is 5.91 Å². The van der Waals surface area contributed by atoms with Crippen molar-refractivity contribution in [2.24, 2.45) is 11.7 Å². The fourth-order valence-corrected chi connectivity index (χ4v) is 2.35. The molecule has 0 bridgehead atoms. The molecule has 0 aromatic heterocycles. The quantitative estimate of drug-likeness (QED) is 0.696. The van der Waals surface area contributed by atoms with E-state index < -0.39 is 5.54 Å². The van der Waals surface area contributed by atoms with Crippen LogP contribution in [0.4, 0.5) is 0 Å². The third-order valence-electron chi connectivity index (χ3n) is 3.40. The lowest BCUT2D eigenvalue weighted by atomic mass is 9.76. The van der Waals surface area contributed by atoms with E-state index in [1.165, 1.54) is 6.42 Å². The molecule has 3 nitrogen and oxygen atoms in total. The average Bonchev–Trinajstić information content (AvgIpc) is 2.87. The third kappa shape index (κ3) is 2.08. The lowest BCUT2D eigenvalue weighted by molar-refractivity contribution is -0.128. The molecule has 3 N–H and O–H groups in total. The second-order valence-corrected chi connectivity index (χ2v) is 5.11. The van der Waals surface area contributed by atoms with E-state index in [9.17, 15) is 4.79 Å². The molecule has 0 saturated heterocycles. The van der Waals surface area contributed by atoms with Crippen LogP contribution in [0.25, 0.3) is 0 Å². The summed E-state index contributed by atoms with van der Waals surface area (Å²) in [6.07, 6.45) is 6.29. The Morgan fingerprint density at radius 1 is 1.43 bits per heavy atom. The van der Waals surface area contributed by atoms with Gasteiger partial charge in [-0.25, -0.2) is 0 Å². The van der Waals surface area contributed by atoms with Crippen LogP contribution >= 0.6 is 0 Å². The van der Waals surface area contributed by atoms with Crippen LogP contribution in [0.2, 0.25) is 0 Å². The van der Waals surface area contributed by atoms with E-state index >= 15 is 0 Å². The van der Waals surface area contributed by atoms with Gasteiger partial charge >= 0.3 is 0 Å². The predicted octanol–water partition coefficient (Wildman–Crippen LogP) is 1.17. The Kier molecular flexibility index (Phi) is 2.52. The molecule has 0 radical (unpaired) electrons. The van der Waals surface area contributed by atoms with Gasteiger partial charge in [0.1, 0.15) is 0 Å². The highest BCUT2D eigenvalue weighted by Gasteiger charge is 2.39. The number of carbonyl (C=O) groups is 1. The Labute approximate surface area is 85.4 Å². The summed E-state index contributed by atoms with van der Waals surface area (Å²) >= 11 is 0. The van der Waals surface area contributed by atoms with Crippen molar-refractivity contribution >= 4 is 5.91 Å². The molecule has 2 atom stereocenters. The minimum atomic E-state index is -0.569. The molecule has 2 unspecified atom stereocenters. The summed E-state index contributed by atoms with van der Waals surface area (Å²) in [5, 5.41) is 3.02. The zero-order chi connectivity index (χ0) is 10.2. The highest BCUT2D eigenvalue weighted by atomic mass is 16.2. The molecule has 0 spiro atoms. The van der Waals surface area contributed by atoms with E-state index in [0.29, 0.717) is 12.0 Å². The van der Waals surface area contributed by atoms with E-state index in [1.807, 2.05) is 0 Å². The van der Waals surface area contributed by atoms with Gasteiger partial charge in [-0.15, -0.1) is 0 Å². The third-order valence-corrected chi connectivity index (χ3v) is 3.40. The maximum Gasteiger partial charge on any atom is 0.240 e. The summed E-state index contributed by atoms with van der Waals surface area (Å²) in [7, 11) is 0. The maximum absolute atomic E-state index is 11.9. The minimum absolute atomic E-state index is 0.0894. The van der Waals surface area contributed by atoms with Crippen molar-refractivity contribution in [3.05, 3.63) is 0 Å². The first-order valence-electron chi connectivity index (χ1n) is 5.70. The summed E-state index contributed by atoms with van der Waals surface area (Å²) in [4.78, 5) is 11.9. The van der Waals surface area contributed by atoms with Crippen molar-refractivity contribution in [3.8, 4) is 0 Å². The Hall–Kier alpha value is -0.570. The summed E-state index contributed by atoms with van der Waals surface area (Å²) in [6.45, 7) is 2.19. The van der Waals surface area contributed by atoms with Gasteiger partial charge in [0, 0.05) is 6.04 Å². The lowest BCUT2D eigenvalue weighted by Gasteiger charge is -2.35. The van der Waals surface area contributed by atoms with Crippen molar-refractivity contribution in [1.29, 1.82) is 0 Å². The predicted molar refractivity (Wildman–Crippen MR) is 55.7 cm³/mol. The van der Waals surface area contributed by atoms with E-state index in [-0.39, 0.29) is 5.91 Å². The number of hydrogen-bond donors (Lipinski definition) is 2. The lowest BCUT2D eigenvalue weighted by Crippen LogP contribution is -2.56. The fraction of sp³-hybridized carbons (Fsp3) is 0.909. The summed E-state index contributed by atoms with van der Waals surface area (Å²) in [5.41, 5.74) is 5.59. The van der Waals surface area contributed by atoms with Gasteiger partial charge in [-0.05, 0) is 31.6 Å². The molecule has 14 heavy (non-hydrogen) atoms. The highest BCUT2D eigenvalue weighted by molar-refractivity contribution is 5.86. The van der Waals surface area contributed by atoms with Gasteiger partial charge in [0.15, 0.2) is 0 Å². The molecule has 3 heteroatoms. The van der Waals surface area contributed by atoms with Crippen LogP contribution in [0.15, 0.2) is 0 Å². The van der Waals surface area contributed by atoms with E-state index in [1.54, 1.807) is 0 Å². The maximum atomic E-state index is 11.9. The molecule has 2 fully saturated rings. The van der Waals surface area contributed by atoms with E-state index in [2.05, 4.69) is 12.2 Å². The molecule has 0 aromatic rings. The molecule has 2 aliphatic carbocycles. The molecule has 0 heterocycles. The van der Waals surface area contributed by atoms with Gasteiger partial charge in [-0.1, -0.05) is 19.8 Å². The number of carbonyl (C=O) groups excluding carboxylic acids is 1. The normalized spacial score (nSPS) is 38.0. The van der Waals surface area contributed by atoms with Crippen LogP contribution in [0.5, 0.6) is 0 Å². The standard InChI is InChI=1S/C11H20N2O/c1-8-3-2-6-11(12,7-8)10(14)13-9-4-5-9/h8-9H,2-7,12H2,1H3,(H,13,14). The first-order chi connectivity index (χ1) is 6.60. The summed E-state index contributed by atoms with van der Waals surface area (Å²) < 4.78 is 0. The van der Waals surface area contributed by atoms with E-state index in [4.69, 9.17) is 5.73 Å². The van der Waals surface area contributed by atoms with Gasteiger partial charge in [-0.2, -0.15) is 0 Å². The van der Waals surface area contributed by atoms with Gasteiger partial charge < -0.3 is 11.1 Å². The SMILES string of the molecule is CC1CCCC(N)(C(=O)NC2CC2)C1. The van der Waals surface area contributed by atoms with Crippen molar-refractivity contribution < 1.29 is 4.79 Å². The van der Waals surface area contributed by atoms with Crippen molar-refractivity contribution in [2.75, 3.05) is 0 Å². The second-order valence-electron chi connectivity index (χ2n) is 5.11. The van der Waals surface area contributed by atoms with Crippen LogP contribution in [0.1, 0.15) is 45.4 Å². The smallest absolute Gasteiger partial charge is 0.240 e. The Bertz CT molecular complexity index is 237. The Morgan fingerprint density at radius 2 is 2.14 bits per heavy atom. The fourth-order valence-electron chi connectivity index (χ4n) is 2.35. The highest BCUT2D eigenvalue weighted by Crippen LogP contribution is 2.31. The molecule has 0 aromatic carbocycles. The van der Waals surface area contributed by atoms with E-state index in [0.717, 1.165) is 32.1 Å². The van der Waals surface area contributed by atoms with Crippen LogP contribution < -0.4 is 11.1 Å². The number of nitrogens with two attached hydrogens (primary N) is 1. The van der Waals surface area contributed by atoms with Crippen LogP contribution in [-0.2, 0) is 4.79 Å². The van der Waals surface area contributed by atoms with Gasteiger partial charge in [0.25, 0.3) is 0 Å². The molecule has 2 rings (SSSR count). The molecular weight excluding hydrogens is 176 g/mol. The van der Waals surface area contributed by atoms with Crippen LogP contribution in [0, 0.1) is 5.92 Å². The van der Waals surface area contributed by atoms with Crippen molar-refractivity contribution in [2.45, 2.75) is 57.0 Å². The Balaban J connectivity index is 1.94. The molecule has 0 aliphatic heterocycles. The second kappa shape index (κ2) is 3.54. The molecule has 2 saturated carbocycles. The zero-order valence-electron chi connectivity index (χ0n) is 8.88. The summed E-state index contributed by atoms with van der Waals surface area (Å²) in [5.74, 6) is 0.685. The average molecular weight is 196 g/mol. The van der Waals surface area contributed by atoms with Crippen molar-refractivity contribution in [3.63, 3.8) is 0 Å². The van der Waals surface area contributed by atoms with Crippen LogP contribution in [0.3, 0.4) is 0 Å². The molecule has 80 valence electrons. The number of nitrogens with one attached hydrogen (secondary N) is 1. The topological polar surface area (TPSA) is 55.1 Å². The van der Waals surface area contributed by atoms with Gasteiger partial charge in [-0.3, -0.25) is 4.79 Å². The molecule has 2 aliphatic rings.